The fraction of sp³-hybridized carbons (Fsp3) is 0.333. The maximum absolute atomic E-state index is 11.9. The highest BCUT2D eigenvalue weighted by molar-refractivity contribution is 5.31. The summed E-state index contributed by atoms with van der Waals surface area (Å²) in [6, 6.07) is 9.01. The van der Waals surface area contributed by atoms with Crippen molar-refractivity contribution in [2.45, 2.75) is 13.5 Å². The summed E-state index contributed by atoms with van der Waals surface area (Å²) in [5.41, 5.74) is 0.474. The lowest BCUT2D eigenvalue weighted by Gasteiger charge is -2.12. The number of ether oxygens (including phenoxy) is 3. The molecule has 0 fully saturated rings. The van der Waals surface area contributed by atoms with Crippen LogP contribution in [0.3, 0.4) is 0 Å². The Morgan fingerprint density at radius 3 is 2.38 bits per heavy atom. The number of hydrogen-bond donors (Lipinski definition) is 0. The highest BCUT2D eigenvalue weighted by Crippen LogP contribution is 2.17. The SMILES string of the molecule is COc1ccc(OCCn2c(OC)nc(C)cc2=O)cc1. The van der Waals surface area contributed by atoms with E-state index in [1.54, 1.807) is 14.0 Å². The third-order valence-electron chi connectivity index (χ3n) is 2.93. The molecule has 0 aliphatic heterocycles. The topological polar surface area (TPSA) is 62.6 Å². The fourth-order valence-electron chi connectivity index (χ4n) is 1.88. The smallest absolute Gasteiger partial charge is 0.299 e. The molecule has 0 aliphatic carbocycles. The molecule has 1 heterocycles. The molecule has 0 saturated heterocycles. The second-order valence-electron chi connectivity index (χ2n) is 4.40. The second kappa shape index (κ2) is 6.78. The van der Waals surface area contributed by atoms with Gasteiger partial charge in [-0.2, -0.15) is 0 Å². The fourth-order valence-corrected chi connectivity index (χ4v) is 1.88. The Balaban J connectivity index is 2.01. The number of methoxy groups -OCH3 is 2. The molecule has 2 aromatic rings. The van der Waals surface area contributed by atoms with Crippen LogP contribution in [0.4, 0.5) is 0 Å². The molecule has 2 rings (SSSR count). The minimum Gasteiger partial charge on any atom is -0.497 e. The summed E-state index contributed by atoms with van der Waals surface area (Å²) in [6.45, 7) is 2.46. The number of rotatable bonds is 6. The van der Waals surface area contributed by atoms with Gasteiger partial charge in [0.2, 0.25) is 0 Å². The van der Waals surface area contributed by atoms with Gasteiger partial charge in [0, 0.05) is 11.8 Å². The van der Waals surface area contributed by atoms with Crippen molar-refractivity contribution < 1.29 is 14.2 Å². The molecule has 0 unspecified atom stereocenters. The normalized spacial score (nSPS) is 10.2. The van der Waals surface area contributed by atoms with E-state index in [4.69, 9.17) is 14.2 Å². The van der Waals surface area contributed by atoms with Gasteiger partial charge in [0.05, 0.1) is 20.8 Å². The van der Waals surface area contributed by atoms with E-state index in [1.807, 2.05) is 24.3 Å². The lowest BCUT2D eigenvalue weighted by atomic mass is 10.3. The number of benzene rings is 1. The molecule has 6 nitrogen and oxygen atoms in total. The Morgan fingerprint density at radius 2 is 1.76 bits per heavy atom. The van der Waals surface area contributed by atoms with Crippen molar-refractivity contribution in [3.8, 4) is 17.5 Å². The van der Waals surface area contributed by atoms with Crippen molar-refractivity contribution in [1.29, 1.82) is 0 Å². The molecule has 0 bridgehead atoms. The third-order valence-corrected chi connectivity index (χ3v) is 2.93. The Labute approximate surface area is 122 Å². The van der Waals surface area contributed by atoms with Crippen LogP contribution in [0.25, 0.3) is 0 Å². The van der Waals surface area contributed by atoms with Gasteiger partial charge in [-0.15, -0.1) is 0 Å². The Bertz CT molecular complexity index is 650. The molecule has 6 heteroatoms. The lowest BCUT2D eigenvalue weighted by molar-refractivity contribution is 0.274. The Morgan fingerprint density at radius 1 is 1.10 bits per heavy atom. The maximum atomic E-state index is 11.9. The van der Waals surface area contributed by atoms with Crippen LogP contribution in [0.5, 0.6) is 17.5 Å². The molecule has 0 N–H and O–H groups in total. The van der Waals surface area contributed by atoms with Crippen molar-refractivity contribution in [1.82, 2.24) is 9.55 Å². The molecule has 0 aliphatic rings. The zero-order chi connectivity index (χ0) is 15.2. The van der Waals surface area contributed by atoms with Crippen LogP contribution in [0.15, 0.2) is 35.1 Å². The second-order valence-corrected chi connectivity index (χ2v) is 4.40. The van der Waals surface area contributed by atoms with E-state index in [1.165, 1.54) is 17.7 Å². The van der Waals surface area contributed by atoms with Crippen molar-refractivity contribution in [3.63, 3.8) is 0 Å². The van der Waals surface area contributed by atoms with E-state index in [0.29, 0.717) is 30.6 Å². The van der Waals surface area contributed by atoms with Gasteiger partial charge in [-0.05, 0) is 31.2 Å². The highest BCUT2D eigenvalue weighted by atomic mass is 16.5. The molecule has 1 aromatic heterocycles. The van der Waals surface area contributed by atoms with E-state index < -0.39 is 0 Å². The number of hydrogen-bond acceptors (Lipinski definition) is 5. The molecule has 112 valence electrons. The van der Waals surface area contributed by atoms with Crippen LogP contribution in [0, 0.1) is 6.92 Å². The molecule has 0 saturated carbocycles. The summed E-state index contributed by atoms with van der Waals surface area (Å²) in [5.74, 6) is 1.48. The molecule has 1 aromatic carbocycles. The first-order chi connectivity index (χ1) is 10.1. The molecule has 0 radical (unpaired) electrons. The predicted octanol–water partition coefficient (Wildman–Crippen LogP) is 1.65. The van der Waals surface area contributed by atoms with Gasteiger partial charge in [0.25, 0.3) is 11.6 Å². The van der Waals surface area contributed by atoms with E-state index in [2.05, 4.69) is 4.98 Å². The molecular weight excluding hydrogens is 272 g/mol. The Kier molecular flexibility index (Phi) is 4.81. The zero-order valence-electron chi connectivity index (χ0n) is 12.3. The van der Waals surface area contributed by atoms with Gasteiger partial charge in [-0.3, -0.25) is 9.36 Å². The van der Waals surface area contributed by atoms with Crippen LogP contribution in [-0.2, 0) is 6.54 Å². The molecule has 21 heavy (non-hydrogen) atoms. The first-order valence-corrected chi connectivity index (χ1v) is 6.53. The summed E-state index contributed by atoms with van der Waals surface area (Å²) in [7, 11) is 3.10. The van der Waals surface area contributed by atoms with Crippen molar-refractivity contribution >= 4 is 0 Å². The number of aryl methyl sites for hydroxylation is 1. The average molecular weight is 290 g/mol. The van der Waals surface area contributed by atoms with Gasteiger partial charge >= 0.3 is 0 Å². The lowest BCUT2D eigenvalue weighted by Crippen LogP contribution is -2.25. The third kappa shape index (κ3) is 3.75. The molecular formula is C15H18N2O4. The number of aromatic nitrogens is 2. The van der Waals surface area contributed by atoms with E-state index >= 15 is 0 Å². The monoisotopic (exact) mass is 290 g/mol. The van der Waals surface area contributed by atoms with Crippen LogP contribution >= 0.6 is 0 Å². The largest absolute Gasteiger partial charge is 0.497 e. The summed E-state index contributed by atoms with van der Waals surface area (Å²) >= 11 is 0. The zero-order valence-corrected chi connectivity index (χ0v) is 12.3. The quantitative estimate of drug-likeness (QED) is 0.809. The van der Waals surface area contributed by atoms with Crippen LogP contribution in [0.2, 0.25) is 0 Å². The van der Waals surface area contributed by atoms with Gasteiger partial charge in [0.15, 0.2) is 0 Å². The van der Waals surface area contributed by atoms with Crippen molar-refractivity contribution in [2.75, 3.05) is 20.8 Å². The first-order valence-electron chi connectivity index (χ1n) is 6.53. The summed E-state index contributed by atoms with van der Waals surface area (Å²) in [5, 5.41) is 0. The van der Waals surface area contributed by atoms with Gasteiger partial charge < -0.3 is 14.2 Å². The van der Waals surface area contributed by atoms with E-state index in [-0.39, 0.29) is 5.56 Å². The summed E-state index contributed by atoms with van der Waals surface area (Å²) in [6.07, 6.45) is 0. The summed E-state index contributed by atoms with van der Waals surface area (Å²) in [4.78, 5) is 16.1. The standard InChI is InChI=1S/C15H18N2O4/c1-11-10-14(18)17(15(16-11)20-3)8-9-21-13-6-4-12(19-2)5-7-13/h4-7,10H,8-9H2,1-3H3. The van der Waals surface area contributed by atoms with E-state index in [9.17, 15) is 4.79 Å². The van der Waals surface area contributed by atoms with Crippen LogP contribution in [0.1, 0.15) is 5.69 Å². The minimum absolute atomic E-state index is 0.155. The first kappa shape index (κ1) is 14.9. The van der Waals surface area contributed by atoms with Crippen molar-refractivity contribution in [2.24, 2.45) is 0 Å². The average Bonchev–Trinajstić information content (AvgIpc) is 2.49. The number of nitrogens with zero attached hydrogens (tertiary/aromatic N) is 2. The molecule has 0 amide bonds. The van der Waals surface area contributed by atoms with E-state index in [0.717, 1.165) is 5.75 Å². The summed E-state index contributed by atoms with van der Waals surface area (Å²) < 4.78 is 17.2. The van der Waals surface area contributed by atoms with Crippen LogP contribution < -0.4 is 19.8 Å². The molecule has 0 atom stereocenters. The maximum Gasteiger partial charge on any atom is 0.299 e. The highest BCUT2D eigenvalue weighted by Gasteiger charge is 2.07. The Hall–Kier alpha value is -2.50. The van der Waals surface area contributed by atoms with Gasteiger partial charge in [0.1, 0.15) is 18.1 Å². The van der Waals surface area contributed by atoms with Gasteiger partial charge in [-0.1, -0.05) is 0 Å². The van der Waals surface area contributed by atoms with Crippen molar-refractivity contribution in [3.05, 3.63) is 46.4 Å². The van der Waals surface area contributed by atoms with Crippen LogP contribution in [-0.4, -0.2) is 30.4 Å². The minimum atomic E-state index is -0.155. The molecule has 0 spiro atoms. The van der Waals surface area contributed by atoms with Gasteiger partial charge in [-0.25, -0.2) is 4.98 Å². The predicted molar refractivity (Wildman–Crippen MR) is 78.3 cm³/mol.